The van der Waals surface area contributed by atoms with Crippen LogP contribution in [0.2, 0.25) is 5.02 Å². The molecule has 2 aromatic carbocycles. The summed E-state index contributed by atoms with van der Waals surface area (Å²) < 4.78 is 0. The Hall–Kier alpha value is -2.37. The number of carbonyl (C=O) groups excluding carboxylic acids is 2. The van der Waals surface area contributed by atoms with Gasteiger partial charge in [-0.2, -0.15) is 0 Å². The second-order valence-corrected chi connectivity index (χ2v) is 7.35. The molecule has 27 heavy (non-hydrogen) atoms. The molecule has 0 bridgehead atoms. The minimum absolute atomic E-state index is 0.100. The minimum atomic E-state index is -0.457. The maximum absolute atomic E-state index is 12.6. The molecule has 5 nitrogen and oxygen atoms in total. The van der Waals surface area contributed by atoms with E-state index in [0.717, 1.165) is 22.4 Å². The molecule has 0 fully saturated rings. The van der Waals surface area contributed by atoms with E-state index >= 15 is 0 Å². The van der Waals surface area contributed by atoms with Crippen LogP contribution in [0.3, 0.4) is 0 Å². The summed E-state index contributed by atoms with van der Waals surface area (Å²) in [7, 11) is 1.75. The van der Waals surface area contributed by atoms with Crippen LogP contribution in [0.25, 0.3) is 0 Å². The zero-order valence-electron chi connectivity index (χ0n) is 16.4. The van der Waals surface area contributed by atoms with Crippen molar-refractivity contribution in [3.8, 4) is 0 Å². The number of carbonyl (C=O) groups is 2. The zero-order valence-corrected chi connectivity index (χ0v) is 17.1. The highest BCUT2D eigenvalue weighted by molar-refractivity contribution is 6.30. The van der Waals surface area contributed by atoms with Gasteiger partial charge in [0.05, 0.1) is 12.6 Å². The van der Waals surface area contributed by atoms with Gasteiger partial charge in [-0.25, -0.2) is 0 Å². The monoisotopic (exact) mass is 387 g/mol. The number of hydrogen-bond acceptors (Lipinski definition) is 3. The Kier molecular flexibility index (Phi) is 6.99. The van der Waals surface area contributed by atoms with Crippen LogP contribution in [0, 0.1) is 20.8 Å². The van der Waals surface area contributed by atoms with Gasteiger partial charge < -0.3 is 10.6 Å². The molecule has 0 aromatic heterocycles. The van der Waals surface area contributed by atoms with Gasteiger partial charge in [-0.3, -0.25) is 14.5 Å². The quantitative estimate of drug-likeness (QED) is 0.782. The van der Waals surface area contributed by atoms with Crippen molar-refractivity contribution in [1.82, 2.24) is 4.90 Å². The van der Waals surface area contributed by atoms with Gasteiger partial charge in [0, 0.05) is 16.4 Å². The number of nitrogens with zero attached hydrogens (tertiary/aromatic N) is 1. The zero-order chi connectivity index (χ0) is 20.1. The van der Waals surface area contributed by atoms with E-state index in [4.69, 9.17) is 11.6 Å². The SMILES string of the molecule is Cc1cc(C)c(NC(=O)[C@H](C)N(C)CC(=O)Nc2ccc(Cl)cc2)c(C)c1. The normalized spacial score (nSPS) is 12.0. The standard InChI is InChI=1S/C21H26ClN3O2/c1-13-10-14(2)20(15(3)11-13)24-21(27)16(4)25(5)12-19(26)23-18-8-6-17(22)7-9-18/h6-11,16H,12H2,1-5H3,(H,23,26)(H,24,27)/t16-/m0/s1. The molecule has 0 saturated carbocycles. The predicted octanol–water partition coefficient (Wildman–Crippen LogP) is 4.16. The summed E-state index contributed by atoms with van der Waals surface area (Å²) in [6, 6.07) is 10.5. The first-order valence-corrected chi connectivity index (χ1v) is 9.19. The molecule has 2 N–H and O–H groups in total. The first-order chi connectivity index (χ1) is 12.7. The Morgan fingerprint density at radius 1 is 1.04 bits per heavy atom. The van der Waals surface area contributed by atoms with Crippen molar-refractivity contribution >= 4 is 34.8 Å². The lowest BCUT2D eigenvalue weighted by atomic mass is 10.0. The molecule has 0 heterocycles. The van der Waals surface area contributed by atoms with E-state index in [2.05, 4.69) is 10.6 Å². The molecule has 2 aromatic rings. The number of halogens is 1. The number of likely N-dealkylation sites (N-methyl/N-ethyl adjacent to an activating group) is 1. The van der Waals surface area contributed by atoms with Crippen molar-refractivity contribution in [2.24, 2.45) is 0 Å². The fourth-order valence-electron chi connectivity index (χ4n) is 2.90. The fraction of sp³-hybridized carbons (Fsp3) is 0.333. The molecule has 2 amide bonds. The predicted molar refractivity (Wildman–Crippen MR) is 111 cm³/mol. The van der Waals surface area contributed by atoms with Crippen LogP contribution < -0.4 is 10.6 Å². The first-order valence-electron chi connectivity index (χ1n) is 8.81. The van der Waals surface area contributed by atoms with Crippen LogP contribution in [0.1, 0.15) is 23.6 Å². The highest BCUT2D eigenvalue weighted by Crippen LogP contribution is 2.22. The van der Waals surface area contributed by atoms with E-state index in [-0.39, 0.29) is 18.4 Å². The van der Waals surface area contributed by atoms with Gasteiger partial charge >= 0.3 is 0 Å². The number of hydrogen-bond donors (Lipinski definition) is 2. The lowest BCUT2D eigenvalue weighted by Crippen LogP contribution is -2.43. The topological polar surface area (TPSA) is 61.4 Å². The summed E-state index contributed by atoms with van der Waals surface area (Å²) in [4.78, 5) is 26.6. The van der Waals surface area contributed by atoms with E-state index in [0.29, 0.717) is 10.7 Å². The van der Waals surface area contributed by atoms with Crippen LogP contribution in [-0.4, -0.2) is 36.3 Å². The Morgan fingerprint density at radius 2 is 1.59 bits per heavy atom. The number of nitrogens with one attached hydrogen (secondary N) is 2. The van der Waals surface area contributed by atoms with Crippen LogP contribution in [-0.2, 0) is 9.59 Å². The third kappa shape index (κ3) is 5.81. The molecule has 0 radical (unpaired) electrons. The Balaban J connectivity index is 1.95. The van der Waals surface area contributed by atoms with Gasteiger partial charge in [0.2, 0.25) is 11.8 Å². The molecule has 144 valence electrons. The van der Waals surface area contributed by atoms with Crippen molar-refractivity contribution < 1.29 is 9.59 Å². The molecule has 2 rings (SSSR count). The fourth-order valence-corrected chi connectivity index (χ4v) is 3.03. The third-order valence-electron chi connectivity index (χ3n) is 4.49. The van der Waals surface area contributed by atoms with E-state index in [1.165, 1.54) is 0 Å². The summed E-state index contributed by atoms with van der Waals surface area (Å²) in [5.74, 6) is -0.339. The highest BCUT2D eigenvalue weighted by Gasteiger charge is 2.21. The van der Waals surface area contributed by atoms with E-state index in [1.807, 2.05) is 32.9 Å². The molecular formula is C21H26ClN3O2. The Bertz CT molecular complexity index is 811. The third-order valence-corrected chi connectivity index (χ3v) is 4.74. The van der Waals surface area contributed by atoms with Crippen LogP contribution >= 0.6 is 11.6 Å². The maximum Gasteiger partial charge on any atom is 0.241 e. The summed E-state index contributed by atoms with van der Waals surface area (Å²) in [5, 5.41) is 6.39. The summed E-state index contributed by atoms with van der Waals surface area (Å²) in [6.45, 7) is 7.86. The maximum atomic E-state index is 12.6. The van der Waals surface area contributed by atoms with Crippen LogP contribution in [0.15, 0.2) is 36.4 Å². The molecule has 0 saturated heterocycles. The largest absolute Gasteiger partial charge is 0.325 e. The van der Waals surface area contributed by atoms with Gasteiger partial charge in [0.15, 0.2) is 0 Å². The van der Waals surface area contributed by atoms with Gasteiger partial charge in [0.1, 0.15) is 0 Å². The summed E-state index contributed by atoms with van der Waals surface area (Å²) >= 11 is 5.84. The number of anilines is 2. The van der Waals surface area contributed by atoms with Crippen molar-refractivity contribution in [2.75, 3.05) is 24.2 Å². The average Bonchev–Trinajstić information content (AvgIpc) is 2.59. The number of rotatable bonds is 6. The second-order valence-electron chi connectivity index (χ2n) is 6.91. The molecular weight excluding hydrogens is 362 g/mol. The van der Waals surface area contributed by atoms with Crippen molar-refractivity contribution in [3.63, 3.8) is 0 Å². The lowest BCUT2D eigenvalue weighted by molar-refractivity contribution is -0.122. The smallest absolute Gasteiger partial charge is 0.241 e. The highest BCUT2D eigenvalue weighted by atomic mass is 35.5. The molecule has 0 unspecified atom stereocenters. The van der Waals surface area contributed by atoms with Crippen molar-refractivity contribution in [2.45, 2.75) is 33.7 Å². The Morgan fingerprint density at radius 3 is 2.15 bits per heavy atom. The molecule has 0 aliphatic heterocycles. The van der Waals surface area contributed by atoms with E-state index < -0.39 is 6.04 Å². The van der Waals surface area contributed by atoms with Crippen molar-refractivity contribution in [3.05, 3.63) is 58.1 Å². The van der Waals surface area contributed by atoms with E-state index in [1.54, 1.807) is 43.1 Å². The Labute approximate surface area is 165 Å². The van der Waals surface area contributed by atoms with Gasteiger partial charge in [-0.15, -0.1) is 0 Å². The lowest BCUT2D eigenvalue weighted by Gasteiger charge is -2.24. The second kappa shape index (κ2) is 9.02. The summed E-state index contributed by atoms with van der Waals surface area (Å²) in [6.07, 6.45) is 0. The summed E-state index contributed by atoms with van der Waals surface area (Å²) in [5.41, 5.74) is 4.71. The van der Waals surface area contributed by atoms with Crippen molar-refractivity contribution in [1.29, 1.82) is 0 Å². The first kappa shape index (κ1) is 20.9. The number of benzene rings is 2. The number of amides is 2. The van der Waals surface area contributed by atoms with E-state index in [9.17, 15) is 9.59 Å². The average molecular weight is 388 g/mol. The van der Waals surface area contributed by atoms with Gasteiger partial charge in [-0.1, -0.05) is 29.3 Å². The molecule has 1 atom stereocenters. The van der Waals surface area contributed by atoms with Crippen LogP contribution in [0.5, 0.6) is 0 Å². The molecule has 0 spiro atoms. The molecule has 0 aliphatic rings. The molecule has 0 aliphatic carbocycles. The molecule has 6 heteroatoms. The van der Waals surface area contributed by atoms with Crippen LogP contribution in [0.4, 0.5) is 11.4 Å². The van der Waals surface area contributed by atoms with Gasteiger partial charge in [-0.05, 0) is 70.1 Å². The van der Waals surface area contributed by atoms with Gasteiger partial charge in [0.25, 0.3) is 0 Å². The minimum Gasteiger partial charge on any atom is -0.325 e. The number of aryl methyl sites for hydroxylation is 3.